The maximum absolute atomic E-state index is 12.8. The van der Waals surface area contributed by atoms with Gasteiger partial charge in [-0.25, -0.2) is 0 Å². The molecular formula is C20H25NO2. The SMILES string of the molecule is C=CCNC(=C)CC1CC(=O)C(c2c(C)cc(C)cc2C)C1=O. The molecule has 2 rings (SSSR count). The second kappa shape index (κ2) is 6.95. The molecule has 1 aromatic rings. The molecule has 0 aliphatic heterocycles. The number of hydrogen-bond donors (Lipinski definition) is 1. The maximum atomic E-state index is 12.8. The molecule has 23 heavy (non-hydrogen) atoms. The quantitative estimate of drug-likeness (QED) is 0.646. The standard InChI is InChI=1S/C20H25NO2/c1-6-7-21-15(5)10-16-11-17(22)19(20(16)23)18-13(3)8-12(2)9-14(18)4/h6,8-9,16,19,21H,1,5,7,10-11H2,2-4H3. The Kier molecular flexibility index (Phi) is 5.19. The molecule has 3 heteroatoms. The van der Waals surface area contributed by atoms with Crippen LogP contribution in [0.1, 0.15) is 41.0 Å². The van der Waals surface area contributed by atoms with Gasteiger partial charge in [-0.3, -0.25) is 9.59 Å². The van der Waals surface area contributed by atoms with Gasteiger partial charge in [0.15, 0.2) is 5.78 Å². The molecule has 1 aromatic carbocycles. The van der Waals surface area contributed by atoms with E-state index in [1.165, 1.54) is 0 Å². The lowest BCUT2D eigenvalue weighted by atomic mass is 9.86. The number of allylic oxidation sites excluding steroid dienone is 1. The summed E-state index contributed by atoms with van der Waals surface area (Å²) < 4.78 is 0. The molecular weight excluding hydrogens is 286 g/mol. The summed E-state index contributed by atoms with van der Waals surface area (Å²) in [6, 6.07) is 4.08. The van der Waals surface area contributed by atoms with Crippen LogP contribution in [0.25, 0.3) is 0 Å². The van der Waals surface area contributed by atoms with Gasteiger partial charge in [-0.15, -0.1) is 6.58 Å². The highest BCUT2D eigenvalue weighted by atomic mass is 16.2. The van der Waals surface area contributed by atoms with Crippen LogP contribution in [-0.2, 0) is 9.59 Å². The summed E-state index contributed by atoms with van der Waals surface area (Å²) in [4.78, 5) is 25.3. The number of carbonyl (C=O) groups excluding carboxylic acids is 2. The summed E-state index contributed by atoms with van der Waals surface area (Å²) in [5.41, 5.74) is 4.89. The van der Waals surface area contributed by atoms with Gasteiger partial charge in [0.2, 0.25) is 0 Å². The monoisotopic (exact) mass is 311 g/mol. The highest BCUT2D eigenvalue weighted by Gasteiger charge is 2.43. The lowest BCUT2D eigenvalue weighted by molar-refractivity contribution is -0.124. The Balaban J connectivity index is 2.22. The zero-order valence-corrected chi connectivity index (χ0v) is 14.2. The van der Waals surface area contributed by atoms with Crippen LogP contribution in [0.3, 0.4) is 0 Å². The molecule has 0 radical (unpaired) electrons. The maximum Gasteiger partial charge on any atom is 0.151 e. The fraction of sp³-hybridized carbons (Fsp3) is 0.400. The third-order valence-corrected chi connectivity index (χ3v) is 4.47. The summed E-state index contributed by atoms with van der Waals surface area (Å²) in [5.74, 6) is -0.802. The minimum Gasteiger partial charge on any atom is -0.385 e. The lowest BCUT2D eigenvalue weighted by Gasteiger charge is -2.17. The number of benzene rings is 1. The number of ketones is 2. The van der Waals surface area contributed by atoms with Gasteiger partial charge in [0, 0.05) is 24.6 Å². The number of hydrogen-bond acceptors (Lipinski definition) is 3. The van der Waals surface area contributed by atoms with Crippen molar-refractivity contribution in [3.63, 3.8) is 0 Å². The minimum atomic E-state index is -0.604. The van der Waals surface area contributed by atoms with Crippen molar-refractivity contribution in [3.05, 3.63) is 59.3 Å². The third kappa shape index (κ3) is 3.61. The molecule has 2 unspecified atom stereocenters. The highest BCUT2D eigenvalue weighted by molar-refractivity contribution is 6.15. The molecule has 122 valence electrons. The van der Waals surface area contributed by atoms with Crippen molar-refractivity contribution >= 4 is 11.6 Å². The van der Waals surface area contributed by atoms with Crippen LogP contribution < -0.4 is 5.32 Å². The topological polar surface area (TPSA) is 46.2 Å². The van der Waals surface area contributed by atoms with Crippen LogP contribution in [0.2, 0.25) is 0 Å². The molecule has 1 fully saturated rings. The smallest absolute Gasteiger partial charge is 0.151 e. The molecule has 0 heterocycles. The first-order valence-electron chi connectivity index (χ1n) is 8.01. The van der Waals surface area contributed by atoms with Crippen molar-refractivity contribution in [1.82, 2.24) is 5.32 Å². The van der Waals surface area contributed by atoms with Gasteiger partial charge in [-0.05, 0) is 43.9 Å². The van der Waals surface area contributed by atoms with Crippen LogP contribution in [-0.4, -0.2) is 18.1 Å². The Labute approximate surface area is 138 Å². The van der Waals surface area contributed by atoms with E-state index in [2.05, 4.69) is 18.5 Å². The summed E-state index contributed by atoms with van der Waals surface area (Å²) in [6.07, 6.45) is 2.57. The van der Waals surface area contributed by atoms with Gasteiger partial charge in [-0.2, -0.15) is 0 Å². The average molecular weight is 311 g/mol. The largest absolute Gasteiger partial charge is 0.385 e. The number of Topliss-reactive ketones (excluding diaryl/α,β-unsaturated/α-hetero) is 2. The molecule has 1 saturated carbocycles. The molecule has 1 aliphatic carbocycles. The van der Waals surface area contributed by atoms with E-state index in [1.807, 2.05) is 32.9 Å². The normalized spacial score (nSPS) is 20.7. The fourth-order valence-electron chi connectivity index (χ4n) is 3.56. The number of carbonyl (C=O) groups is 2. The second-order valence-corrected chi connectivity index (χ2v) is 6.49. The Morgan fingerprint density at radius 2 is 1.87 bits per heavy atom. The summed E-state index contributed by atoms with van der Waals surface area (Å²) in [7, 11) is 0. The molecule has 0 aromatic heterocycles. The van der Waals surface area contributed by atoms with E-state index >= 15 is 0 Å². The zero-order valence-electron chi connectivity index (χ0n) is 14.2. The molecule has 0 spiro atoms. The zero-order chi connectivity index (χ0) is 17.1. The van der Waals surface area contributed by atoms with Crippen molar-refractivity contribution in [2.24, 2.45) is 5.92 Å². The van der Waals surface area contributed by atoms with Crippen LogP contribution in [0.15, 0.2) is 37.1 Å². The van der Waals surface area contributed by atoms with E-state index in [0.717, 1.165) is 28.0 Å². The van der Waals surface area contributed by atoms with E-state index in [0.29, 0.717) is 19.4 Å². The first-order chi connectivity index (χ1) is 10.8. The summed E-state index contributed by atoms with van der Waals surface area (Å²) in [5, 5.41) is 3.10. The van der Waals surface area contributed by atoms with E-state index in [9.17, 15) is 9.59 Å². The van der Waals surface area contributed by atoms with Crippen LogP contribution >= 0.6 is 0 Å². The number of nitrogens with one attached hydrogen (secondary N) is 1. The predicted octanol–water partition coefficient (Wildman–Crippen LogP) is 3.53. The minimum absolute atomic E-state index is 0.0339. The van der Waals surface area contributed by atoms with Crippen LogP contribution in [0.5, 0.6) is 0 Å². The van der Waals surface area contributed by atoms with E-state index < -0.39 is 5.92 Å². The van der Waals surface area contributed by atoms with Crippen molar-refractivity contribution in [2.75, 3.05) is 6.54 Å². The van der Waals surface area contributed by atoms with Gasteiger partial charge < -0.3 is 5.32 Å². The van der Waals surface area contributed by atoms with Crippen molar-refractivity contribution < 1.29 is 9.59 Å². The Morgan fingerprint density at radius 3 is 2.43 bits per heavy atom. The first-order valence-corrected chi connectivity index (χ1v) is 8.01. The first kappa shape index (κ1) is 17.2. The summed E-state index contributed by atoms with van der Waals surface area (Å²) >= 11 is 0. The van der Waals surface area contributed by atoms with Crippen molar-refractivity contribution in [2.45, 2.75) is 39.5 Å². The second-order valence-electron chi connectivity index (χ2n) is 6.49. The van der Waals surface area contributed by atoms with E-state index in [-0.39, 0.29) is 17.5 Å². The Morgan fingerprint density at radius 1 is 1.26 bits per heavy atom. The van der Waals surface area contributed by atoms with Crippen LogP contribution in [0, 0.1) is 26.7 Å². The van der Waals surface area contributed by atoms with Gasteiger partial charge in [0.25, 0.3) is 0 Å². The molecule has 0 amide bonds. The predicted molar refractivity (Wildman–Crippen MR) is 93.5 cm³/mol. The van der Waals surface area contributed by atoms with Gasteiger partial charge in [0.1, 0.15) is 11.7 Å². The fourth-order valence-corrected chi connectivity index (χ4v) is 3.56. The molecule has 2 atom stereocenters. The highest BCUT2D eigenvalue weighted by Crippen LogP contribution is 2.38. The van der Waals surface area contributed by atoms with Gasteiger partial charge in [0.05, 0.1) is 0 Å². The lowest BCUT2D eigenvalue weighted by Crippen LogP contribution is -2.20. The Bertz CT molecular complexity index is 649. The number of rotatable bonds is 6. The van der Waals surface area contributed by atoms with Gasteiger partial charge in [-0.1, -0.05) is 30.4 Å². The average Bonchev–Trinajstić information content (AvgIpc) is 2.72. The van der Waals surface area contributed by atoms with E-state index in [1.54, 1.807) is 6.08 Å². The van der Waals surface area contributed by atoms with Crippen molar-refractivity contribution in [1.29, 1.82) is 0 Å². The third-order valence-electron chi connectivity index (χ3n) is 4.47. The van der Waals surface area contributed by atoms with Crippen molar-refractivity contribution in [3.8, 4) is 0 Å². The summed E-state index contributed by atoms with van der Waals surface area (Å²) in [6.45, 7) is 14.2. The Hall–Kier alpha value is -2.16. The molecule has 0 saturated heterocycles. The molecule has 3 nitrogen and oxygen atoms in total. The molecule has 1 N–H and O–H groups in total. The molecule has 1 aliphatic rings. The number of aryl methyl sites for hydroxylation is 3. The van der Waals surface area contributed by atoms with Crippen LogP contribution in [0.4, 0.5) is 0 Å². The van der Waals surface area contributed by atoms with Gasteiger partial charge >= 0.3 is 0 Å². The van der Waals surface area contributed by atoms with E-state index in [4.69, 9.17) is 0 Å². The molecule has 0 bridgehead atoms.